The predicted octanol–water partition coefficient (Wildman–Crippen LogP) is 21.1. The van der Waals surface area contributed by atoms with Gasteiger partial charge in [-0.1, -0.05) is 194 Å². The lowest BCUT2D eigenvalue weighted by molar-refractivity contribution is 0.00578. The molecule has 2 aliphatic rings. The van der Waals surface area contributed by atoms with Crippen molar-refractivity contribution in [2.45, 2.75) is 77.8 Å². The molecule has 0 bridgehead atoms. The third-order valence-corrected chi connectivity index (χ3v) is 23.4. The second kappa shape index (κ2) is 23.1. The van der Waals surface area contributed by atoms with Crippen molar-refractivity contribution in [3.63, 3.8) is 0 Å². The van der Waals surface area contributed by atoms with Gasteiger partial charge in [0.2, 0.25) is 0 Å². The molecule has 20 rings (SSSR count). The fourth-order valence-electron chi connectivity index (χ4n) is 14.3. The molecule has 0 aliphatic carbocycles. The zero-order valence-electron chi connectivity index (χ0n) is 55.7. The highest BCUT2D eigenvalue weighted by molar-refractivity contribution is 7.26. The molecule has 0 radical (unpaired) electrons. The third-order valence-electron chi connectivity index (χ3n) is 20.9. The lowest BCUT2D eigenvalue weighted by Gasteiger charge is -2.32. The predicted molar refractivity (Wildman–Crippen MR) is 417 cm³/mol. The number of rotatable bonds is 4. The summed E-state index contributed by atoms with van der Waals surface area (Å²) in [5, 5.41) is 19.1. The summed E-state index contributed by atoms with van der Waals surface area (Å²) in [4.78, 5) is 29.5. The van der Waals surface area contributed by atoms with Gasteiger partial charge in [0.1, 0.15) is 5.15 Å². The first-order valence-corrected chi connectivity index (χ1v) is 35.4. The first-order chi connectivity index (χ1) is 47.9. The number of nitrogens with zero attached hydrogens (tertiary/aromatic N) is 6. The maximum absolute atomic E-state index is 6.28. The molecule has 0 atom stereocenters. The van der Waals surface area contributed by atoms with E-state index in [0.717, 1.165) is 98.9 Å². The number of benzene rings is 13. The molecule has 18 aromatic rings. The summed E-state index contributed by atoms with van der Waals surface area (Å²) in [6.45, 7) is 16.7. The van der Waals surface area contributed by atoms with Crippen molar-refractivity contribution < 1.29 is 18.6 Å². The van der Waals surface area contributed by atoms with E-state index in [4.69, 9.17) is 50.2 Å². The molecule has 478 valence electrons. The minimum atomic E-state index is -0.365. The molecule has 10 nitrogen and oxygen atoms in total. The fourth-order valence-corrected chi connectivity index (χ4v) is 16.6. The lowest BCUT2D eigenvalue weighted by Crippen LogP contribution is -2.41. The summed E-state index contributed by atoms with van der Waals surface area (Å²) in [7, 11) is -0.730. The Bertz CT molecular complexity index is 5980. The standard InChI is InChI=1S/C44H24N4S.C24H30B2O4S.C16H9ClN2/c1-5-13-31-27(9-1)29-11-3-7-15-33(29)43-41(31)45-23-37(47-43)25-17-19-39-35(21-25)36-22-26(18-20-40(36)49-39)38-24-46-42-32-14-6-2-10-28(32)30-12-4-8-16-34(30)44(42)48-38;1-21(2)22(3,4)28-25(27-21)15-9-11-19-17(13-15)18-14-16(10-12-20(18)31-19)26-29-23(5,6)24(7,8)30-26;17-14-9-18-15-12-7-3-1-5-10(12)11-6-2-4-8-13(11)16(15)19-14/h1-24H;9-14H,1-8H3;1-9H. The van der Waals surface area contributed by atoms with Gasteiger partial charge in [0.05, 0.1) is 85.5 Å². The topological polar surface area (TPSA) is 114 Å². The zero-order valence-corrected chi connectivity index (χ0v) is 58.1. The molecule has 0 saturated carbocycles. The van der Waals surface area contributed by atoms with Crippen molar-refractivity contribution in [3.05, 3.63) is 242 Å². The van der Waals surface area contributed by atoms with Crippen LogP contribution in [-0.2, 0) is 18.6 Å². The molecule has 13 aromatic carbocycles. The highest BCUT2D eigenvalue weighted by atomic mass is 35.5. The van der Waals surface area contributed by atoms with Gasteiger partial charge in [-0.05, 0) is 146 Å². The number of hydrogen-bond acceptors (Lipinski definition) is 12. The van der Waals surface area contributed by atoms with Crippen LogP contribution in [0.4, 0.5) is 0 Å². The number of halogens is 1. The van der Waals surface area contributed by atoms with Crippen molar-refractivity contribution in [2.75, 3.05) is 0 Å². The minimum Gasteiger partial charge on any atom is -0.399 e. The lowest BCUT2D eigenvalue weighted by atomic mass is 9.77. The van der Waals surface area contributed by atoms with Crippen LogP contribution in [0.3, 0.4) is 0 Å². The summed E-state index contributed by atoms with van der Waals surface area (Å²) in [5.74, 6) is 0. The van der Waals surface area contributed by atoms with E-state index in [0.29, 0.717) is 5.15 Å². The van der Waals surface area contributed by atoms with Gasteiger partial charge in [0, 0.05) is 73.0 Å². The van der Waals surface area contributed by atoms with Crippen LogP contribution in [0.25, 0.3) is 161 Å². The normalized spacial score (nSPS) is 15.6. The number of aromatic nitrogens is 6. The molecule has 15 heteroatoms. The largest absolute Gasteiger partial charge is 0.494 e. The van der Waals surface area contributed by atoms with Crippen LogP contribution >= 0.6 is 34.3 Å². The van der Waals surface area contributed by atoms with Crippen LogP contribution in [0.2, 0.25) is 5.15 Å². The molecule has 7 heterocycles. The van der Waals surface area contributed by atoms with E-state index in [1.54, 1.807) is 17.5 Å². The van der Waals surface area contributed by atoms with Gasteiger partial charge in [-0.15, -0.1) is 22.7 Å². The smallest absolute Gasteiger partial charge is 0.399 e. The maximum Gasteiger partial charge on any atom is 0.494 e. The number of thiophene rings is 2. The first kappa shape index (κ1) is 61.5. The van der Waals surface area contributed by atoms with E-state index in [-0.39, 0.29) is 36.6 Å². The van der Waals surface area contributed by atoms with E-state index in [1.807, 2.05) is 48.0 Å². The Kier molecular flexibility index (Phi) is 14.4. The third kappa shape index (κ3) is 10.2. The molecule has 0 unspecified atom stereocenters. The Morgan fingerprint density at radius 2 is 0.545 bits per heavy atom. The summed E-state index contributed by atoms with van der Waals surface area (Å²) in [5.41, 5.74) is 10.00. The van der Waals surface area contributed by atoms with Crippen molar-refractivity contribution in [3.8, 4) is 22.5 Å². The van der Waals surface area contributed by atoms with Gasteiger partial charge < -0.3 is 18.6 Å². The highest BCUT2D eigenvalue weighted by Crippen LogP contribution is 2.44. The van der Waals surface area contributed by atoms with Gasteiger partial charge in [0.25, 0.3) is 0 Å². The average molecular weight is 1340 g/mol. The summed E-state index contributed by atoms with van der Waals surface area (Å²) in [6.07, 6.45) is 5.44. The van der Waals surface area contributed by atoms with E-state index in [2.05, 4.69) is 259 Å². The minimum absolute atomic E-state index is 0.354. The van der Waals surface area contributed by atoms with Crippen LogP contribution in [0.1, 0.15) is 55.4 Å². The molecule has 2 saturated heterocycles. The van der Waals surface area contributed by atoms with Crippen LogP contribution < -0.4 is 10.9 Å². The maximum atomic E-state index is 6.28. The Labute approximate surface area is 584 Å². The van der Waals surface area contributed by atoms with E-state index < -0.39 is 0 Å². The van der Waals surface area contributed by atoms with Gasteiger partial charge in [0.15, 0.2) is 0 Å². The highest BCUT2D eigenvalue weighted by Gasteiger charge is 2.53. The summed E-state index contributed by atoms with van der Waals surface area (Å²) in [6, 6.07) is 76.8. The van der Waals surface area contributed by atoms with Crippen molar-refractivity contribution in [2.24, 2.45) is 0 Å². The van der Waals surface area contributed by atoms with Crippen LogP contribution in [0.5, 0.6) is 0 Å². The first-order valence-electron chi connectivity index (χ1n) is 33.4. The van der Waals surface area contributed by atoms with E-state index in [9.17, 15) is 0 Å². The molecule has 2 aliphatic heterocycles. The average Bonchev–Trinajstić information content (AvgIpc) is 1.71. The Morgan fingerprint density at radius 1 is 0.283 bits per heavy atom. The molecule has 0 spiro atoms. The molecule has 99 heavy (non-hydrogen) atoms. The Hall–Kier alpha value is -9.86. The summed E-state index contributed by atoms with van der Waals surface area (Å²) >= 11 is 9.61. The van der Waals surface area contributed by atoms with Gasteiger partial charge in [-0.2, -0.15) is 0 Å². The van der Waals surface area contributed by atoms with E-state index >= 15 is 0 Å². The molecular weight excluding hydrogens is 1280 g/mol. The number of hydrogen-bond donors (Lipinski definition) is 0. The number of fused-ring (bicyclic) bond motifs is 24. The molecular formula is C84H63B2ClN6O4S2. The van der Waals surface area contributed by atoms with Crippen molar-refractivity contribution in [1.82, 2.24) is 29.9 Å². The second-order valence-electron chi connectivity index (χ2n) is 27.9. The Balaban J connectivity index is 0.000000120. The van der Waals surface area contributed by atoms with Crippen molar-refractivity contribution in [1.29, 1.82) is 0 Å². The fraction of sp³-hybridized carbons (Fsp3) is 0.143. The van der Waals surface area contributed by atoms with Gasteiger partial charge in [-0.3, -0.25) is 15.0 Å². The van der Waals surface area contributed by atoms with Crippen LogP contribution in [0, 0.1) is 0 Å². The Morgan fingerprint density at radius 3 is 0.869 bits per heavy atom. The summed E-state index contributed by atoms with van der Waals surface area (Å²) < 4.78 is 30.1. The monoisotopic (exact) mass is 1340 g/mol. The molecule has 0 N–H and O–H groups in total. The van der Waals surface area contributed by atoms with Crippen molar-refractivity contribution >= 4 is 198 Å². The van der Waals surface area contributed by atoms with Crippen LogP contribution in [0.15, 0.2) is 237 Å². The quantitative estimate of drug-likeness (QED) is 0.125. The SMILES string of the molecule is CC1(C)OB(c2ccc3sc4ccc(B5OC(C)(C)C(C)(C)O5)cc4c3c2)OC1(C)C.Clc1cnc2c3ccccc3c3ccccc3c2n1.c1ccc2c(c1)c1ccccc1c1nc(-c3ccc4sc5ccc(-c6cnc7c8ccccc8c8ccccc8c7n6)cc5c4c3)cnc21. The van der Waals surface area contributed by atoms with Gasteiger partial charge in [-0.25, -0.2) is 15.0 Å². The second-order valence-corrected chi connectivity index (χ2v) is 30.4. The zero-order chi connectivity index (χ0) is 67.3. The van der Waals surface area contributed by atoms with E-state index in [1.165, 1.54) is 72.7 Å². The van der Waals surface area contributed by atoms with Gasteiger partial charge >= 0.3 is 14.2 Å². The molecule has 0 amide bonds. The van der Waals surface area contributed by atoms with Crippen LogP contribution in [-0.4, -0.2) is 66.5 Å². The molecule has 2 fully saturated rings. The molecule has 5 aromatic heterocycles.